The monoisotopic (exact) mass is 339 g/mol. The van der Waals surface area contributed by atoms with Gasteiger partial charge in [-0.1, -0.05) is 64.7 Å². The number of aromatic carboxylic acids is 1. The van der Waals surface area contributed by atoms with Gasteiger partial charge in [-0.25, -0.2) is 4.79 Å². The van der Waals surface area contributed by atoms with Crippen LogP contribution in [0.2, 0.25) is 0 Å². The van der Waals surface area contributed by atoms with Crippen LogP contribution in [0.25, 0.3) is 0 Å². The molecule has 1 aromatic rings. The summed E-state index contributed by atoms with van der Waals surface area (Å²) in [5.74, 6) is -1.32. The second-order valence-corrected chi connectivity index (χ2v) is 6.82. The van der Waals surface area contributed by atoms with Crippen molar-refractivity contribution in [2.45, 2.75) is 71.1 Å². The summed E-state index contributed by atoms with van der Waals surface area (Å²) in [7, 11) is 0. The zero-order chi connectivity index (χ0) is 16.9. The fourth-order valence-corrected chi connectivity index (χ4v) is 3.35. The van der Waals surface area contributed by atoms with Crippen LogP contribution in [0.1, 0.15) is 91.2 Å². The van der Waals surface area contributed by atoms with Gasteiger partial charge in [-0.05, 0) is 17.9 Å². The molecule has 1 aromatic heterocycles. The molecule has 4 nitrogen and oxygen atoms in total. The first-order chi connectivity index (χ1) is 11.2. The highest BCUT2D eigenvalue weighted by atomic mass is 32.1. The molecule has 0 aliphatic carbocycles. The lowest BCUT2D eigenvalue weighted by Crippen LogP contribution is -2.25. The number of rotatable bonds is 13. The van der Waals surface area contributed by atoms with Crippen LogP contribution in [-0.4, -0.2) is 23.5 Å². The average molecular weight is 340 g/mol. The van der Waals surface area contributed by atoms with Crippen LogP contribution in [0.15, 0.2) is 11.4 Å². The highest BCUT2D eigenvalue weighted by Crippen LogP contribution is 2.16. The van der Waals surface area contributed by atoms with E-state index in [1.807, 2.05) is 0 Å². The SMILES string of the molecule is CCCCCCCCCCCCNC(=O)c1sccc1C(=O)O. The molecule has 0 spiro atoms. The summed E-state index contributed by atoms with van der Waals surface area (Å²) in [5.41, 5.74) is 0.0931. The lowest BCUT2D eigenvalue weighted by molar-refractivity contribution is 0.0692. The standard InChI is InChI=1S/C18H29NO3S/c1-2-3-4-5-6-7-8-9-10-11-13-19-17(20)16-15(18(21)22)12-14-23-16/h12,14H,2-11,13H2,1H3,(H,19,20)(H,21,22). The minimum Gasteiger partial charge on any atom is -0.478 e. The van der Waals surface area contributed by atoms with Crippen molar-refractivity contribution in [1.82, 2.24) is 5.32 Å². The highest BCUT2D eigenvalue weighted by Gasteiger charge is 2.17. The van der Waals surface area contributed by atoms with Gasteiger partial charge in [-0.2, -0.15) is 0 Å². The largest absolute Gasteiger partial charge is 0.478 e. The first-order valence-electron chi connectivity index (χ1n) is 8.75. The number of thiophene rings is 1. The summed E-state index contributed by atoms with van der Waals surface area (Å²) in [6.07, 6.45) is 12.6. The van der Waals surface area contributed by atoms with Gasteiger partial charge in [0.1, 0.15) is 4.88 Å². The van der Waals surface area contributed by atoms with E-state index >= 15 is 0 Å². The van der Waals surface area contributed by atoms with Crippen LogP contribution in [0.4, 0.5) is 0 Å². The molecule has 5 heteroatoms. The summed E-state index contributed by atoms with van der Waals surface area (Å²) >= 11 is 1.18. The molecule has 2 N–H and O–H groups in total. The lowest BCUT2D eigenvalue weighted by Gasteiger charge is -2.05. The van der Waals surface area contributed by atoms with Crippen LogP contribution < -0.4 is 5.32 Å². The smallest absolute Gasteiger partial charge is 0.337 e. The van der Waals surface area contributed by atoms with Crippen molar-refractivity contribution >= 4 is 23.2 Å². The van der Waals surface area contributed by atoms with Gasteiger partial charge in [0.05, 0.1) is 5.56 Å². The number of carbonyl (C=O) groups excluding carboxylic acids is 1. The zero-order valence-electron chi connectivity index (χ0n) is 14.1. The second-order valence-electron chi connectivity index (χ2n) is 5.91. The highest BCUT2D eigenvalue weighted by molar-refractivity contribution is 7.12. The van der Waals surface area contributed by atoms with E-state index in [1.165, 1.54) is 68.8 Å². The molecule has 0 unspecified atom stereocenters. The van der Waals surface area contributed by atoms with Gasteiger partial charge in [0.15, 0.2) is 0 Å². The maximum atomic E-state index is 11.9. The molecule has 0 bridgehead atoms. The van der Waals surface area contributed by atoms with Crippen molar-refractivity contribution in [2.24, 2.45) is 0 Å². The van der Waals surface area contributed by atoms with E-state index in [1.54, 1.807) is 5.38 Å². The Bertz CT molecular complexity index is 471. The van der Waals surface area contributed by atoms with Gasteiger partial charge in [0.2, 0.25) is 0 Å². The van der Waals surface area contributed by atoms with Crippen LogP contribution in [0.3, 0.4) is 0 Å². The Hall–Kier alpha value is -1.36. The Morgan fingerprint density at radius 2 is 1.57 bits per heavy atom. The van der Waals surface area contributed by atoms with E-state index in [0.29, 0.717) is 11.4 Å². The topological polar surface area (TPSA) is 66.4 Å². The van der Waals surface area contributed by atoms with Gasteiger partial charge in [-0.15, -0.1) is 11.3 Å². The normalized spacial score (nSPS) is 10.7. The maximum Gasteiger partial charge on any atom is 0.337 e. The van der Waals surface area contributed by atoms with E-state index < -0.39 is 5.97 Å². The third-order valence-corrected chi connectivity index (χ3v) is 4.83. The summed E-state index contributed by atoms with van der Waals surface area (Å²) in [6, 6.07) is 1.47. The summed E-state index contributed by atoms with van der Waals surface area (Å²) < 4.78 is 0. The average Bonchev–Trinajstić information content (AvgIpc) is 3.02. The summed E-state index contributed by atoms with van der Waals surface area (Å²) in [5, 5.41) is 13.4. The summed E-state index contributed by atoms with van der Waals surface area (Å²) in [6.45, 7) is 2.85. The Morgan fingerprint density at radius 3 is 2.13 bits per heavy atom. The minimum atomic E-state index is -1.05. The Morgan fingerprint density at radius 1 is 1.00 bits per heavy atom. The number of nitrogens with one attached hydrogen (secondary N) is 1. The van der Waals surface area contributed by atoms with Gasteiger partial charge in [0, 0.05) is 6.54 Å². The number of hydrogen-bond donors (Lipinski definition) is 2. The van der Waals surface area contributed by atoms with Gasteiger partial charge >= 0.3 is 5.97 Å². The maximum absolute atomic E-state index is 11.9. The third kappa shape index (κ3) is 8.16. The third-order valence-electron chi connectivity index (χ3n) is 3.92. The molecule has 130 valence electrons. The van der Waals surface area contributed by atoms with Crippen LogP contribution >= 0.6 is 11.3 Å². The Labute approximate surface area is 143 Å². The number of carboxylic acid groups (broad SMARTS) is 1. The molecule has 0 saturated carbocycles. The van der Waals surface area contributed by atoms with Crippen LogP contribution in [0.5, 0.6) is 0 Å². The van der Waals surface area contributed by atoms with Gasteiger partial charge in [0.25, 0.3) is 5.91 Å². The van der Waals surface area contributed by atoms with Gasteiger partial charge in [-0.3, -0.25) is 4.79 Å². The van der Waals surface area contributed by atoms with Crippen LogP contribution in [0, 0.1) is 0 Å². The zero-order valence-corrected chi connectivity index (χ0v) is 14.9. The molecule has 0 radical (unpaired) electrons. The molecule has 23 heavy (non-hydrogen) atoms. The van der Waals surface area contributed by atoms with Crippen molar-refractivity contribution in [3.8, 4) is 0 Å². The molecule has 0 atom stereocenters. The van der Waals surface area contributed by atoms with E-state index in [-0.39, 0.29) is 11.5 Å². The molecule has 1 amide bonds. The minimum absolute atomic E-state index is 0.0931. The van der Waals surface area contributed by atoms with Crippen molar-refractivity contribution < 1.29 is 14.7 Å². The predicted molar refractivity (Wildman–Crippen MR) is 95.5 cm³/mol. The lowest BCUT2D eigenvalue weighted by atomic mass is 10.1. The first-order valence-corrected chi connectivity index (χ1v) is 9.63. The predicted octanol–water partition coefficient (Wildman–Crippen LogP) is 5.10. The quantitative estimate of drug-likeness (QED) is 0.491. The van der Waals surface area contributed by atoms with E-state index in [0.717, 1.165) is 12.8 Å². The number of unbranched alkanes of at least 4 members (excludes halogenated alkanes) is 9. The fourth-order valence-electron chi connectivity index (χ4n) is 2.55. The molecule has 0 saturated heterocycles. The molecular formula is C18H29NO3S. The van der Waals surface area contributed by atoms with Crippen molar-refractivity contribution in [2.75, 3.05) is 6.54 Å². The molecular weight excluding hydrogens is 310 g/mol. The number of amides is 1. The van der Waals surface area contributed by atoms with Crippen LogP contribution in [-0.2, 0) is 0 Å². The van der Waals surface area contributed by atoms with Crippen molar-refractivity contribution in [3.63, 3.8) is 0 Å². The van der Waals surface area contributed by atoms with Crippen molar-refractivity contribution in [3.05, 3.63) is 21.9 Å². The van der Waals surface area contributed by atoms with E-state index in [2.05, 4.69) is 12.2 Å². The van der Waals surface area contributed by atoms with E-state index in [9.17, 15) is 9.59 Å². The Balaban J connectivity index is 2.01. The summed E-state index contributed by atoms with van der Waals surface area (Å²) in [4.78, 5) is 23.2. The number of carbonyl (C=O) groups is 2. The van der Waals surface area contributed by atoms with Crippen molar-refractivity contribution in [1.29, 1.82) is 0 Å². The Kier molecular flexibility index (Phi) is 10.4. The second kappa shape index (κ2) is 12.1. The number of carboxylic acids is 1. The molecule has 1 heterocycles. The molecule has 0 aromatic carbocycles. The number of hydrogen-bond acceptors (Lipinski definition) is 3. The molecule has 1 rings (SSSR count). The van der Waals surface area contributed by atoms with Gasteiger partial charge < -0.3 is 10.4 Å². The molecule has 0 aliphatic rings. The molecule has 0 fully saturated rings. The van der Waals surface area contributed by atoms with E-state index in [4.69, 9.17) is 5.11 Å². The first kappa shape index (κ1) is 19.7. The molecule has 0 aliphatic heterocycles. The fraction of sp³-hybridized carbons (Fsp3) is 0.667.